The van der Waals surface area contributed by atoms with Crippen molar-refractivity contribution in [2.24, 2.45) is 5.92 Å². The van der Waals surface area contributed by atoms with Crippen LogP contribution in [0.5, 0.6) is 0 Å². The summed E-state index contributed by atoms with van der Waals surface area (Å²) in [6.07, 6.45) is 4.93. The highest BCUT2D eigenvalue weighted by atomic mass is 16.4. The van der Waals surface area contributed by atoms with Crippen LogP contribution in [-0.4, -0.2) is 16.1 Å². The van der Waals surface area contributed by atoms with E-state index in [1.54, 1.807) is 12.1 Å². The highest BCUT2D eigenvalue weighted by Crippen LogP contribution is 2.40. The Kier molecular flexibility index (Phi) is 5.42. The van der Waals surface area contributed by atoms with Crippen LogP contribution in [0.2, 0.25) is 0 Å². The van der Waals surface area contributed by atoms with Crippen molar-refractivity contribution in [1.29, 1.82) is 0 Å². The fourth-order valence-corrected chi connectivity index (χ4v) is 4.37. The van der Waals surface area contributed by atoms with Gasteiger partial charge in [-0.2, -0.15) is 0 Å². The van der Waals surface area contributed by atoms with Gasteiger partial charge in [0.15, 0.2) is 5.76 Å². The minimum absolute atomic E-state index is 0.241. The second-order valence-electron chi connectivity index (χ2n) is 8.07. The Morgan fingerprint density at radius 3 is 2.38 bits per heavy atom. The number of nitrogens with zero attached hydrogens (tertiary/aromatic N) is 1. The summed E-state index contributed by atoms with van der Waals surface area (Å²) in [6.45, 7) is 0. The molecule has 0 bridgehead atoms. The summed E-state index contributed by atoms with van der Waals surface area (Å²) in [6, 6.07) is 27.3. The molecule has 1 heterocycles. The molecular formula is C28H23NO3. The van der Waals surface area contributed by atoms with Crippen LogP contribution in [0.4, 0.5) is 0 Å². The maximum atomic E-state index is 11.3. The number of hydrogen-bond donors (Lipinski definition) is 1. The molecule has 0 amide bonds. The molecule has 1 aliphatic carbocycles. The van der Waals surface area contributed by atoms with Crippen LogP contribution in [-0.2, 0) is 6.42 Å². The second-order valence-corrected chi connectivity index (χ2v) is 8.07. The number of rotatable bonds is 6. The Hall–Kier alpha value is -3.92. The van der Waals surface area contributed by atoms with E-state index in [0.717, 1.165) is 53.0 Å². The molecule has 3 aromatic carbocycles. The third-order valence-electron chi connectivity index (χ3n) is 5.93. The van der Waals surface area contributed by atoms with Gasteiger partial charge in [0.25, 0.3) is 0 Å². The summed E-state index contributed by atoms with van der Waals surface area (Å²) in [5, 5.41) is 9.31. The summed E-state index contributed by atoms with van der Waals surface area (Å²) >= 11 is 0. The van der Waals surface area contributed by atoms with Crippen molar-refractivity contribution in [2.45, 2.75) is 19.3 Å². The Morgan fingerprint density at radius 2 is 1.66 bits per heavy atom. The van der Waals surface area contributed by atoms with Crippen molar-refractivity contribution < 1.29 is 14.3 Å². The Balaban J connectivity index is 1.51. The molecule has 4 aromatic rings. The topological polar surface area (TPSA) is 63.3 Å². The first-order chi connectivity index (χ1) is 15.7. The van der Waals surface area contributed by atoms with Crippen molar-refractivity contribution >= 4 is 11.5 Å². The molecule has 0 fully saturated rings. The van der Waals surface area contributed by atoms with Gasteiger partial charge >= 0.3 is 5.97 Å². The largest absolute Gasteiger partial charge is 0.478 e. The molecule has 1 aromatic heterocycles. The molecule has 5 rings (SSSR count). The molecule has 0 saturated heterocycles. The van der Waals surface area contributed by atoms with Gasteiger partial charge in [-0.15, -0.1) is 0 Å². The number of aromatic nitrogens is 1. The van der Waals surface area contributed by atoms with Crippen LogP contribution in [0.1, 0.15) is 34.7 Å². The number of hydrogen-bond acceptors (Lipinski definition) is 3. The summed E-state index contributed by atoms with van der Waals surface area (Å²) in [5.74, 6) is 0.762. The maximum absolute atomic E-state index is 11.3. The third-order valence-corrected chi connectivity index (χ3v) is 5.93. The Labute approximate surface area is 186 Å². The number of allylic oxidation sites excluding steroid dienone is 2. The van der Waals surface area contributed by atoms with Crippen molar-refractivity contribution in [3.63, 3.8) is 0 Å². The standard InChI is InChI=1S/C28H23NO3/c30-28(31)23-15-7-9-19(18-23)17-22-14-8-16-24(22)27-29-25(20-10-3-1-4-11-20)26(32-27)21-12-5-2-6-13-21/h1-7,9-13,15-16,18,22H,8,14,17H2,(H,30,31). The van der Waals surface area contributed by atoms with E-state index in [0.29, 0.717) is 11.5 Å². The molecule has 4 heteroatoms. The SMILES string of the molecule is O=C(O)c1cccc(CC2CCC=C2c2nc(-c3ccccc3)c(-c3ccccc3)o2)c1. The molecular weight excluding hydrogens is 398 g/mol. The third kappa shape index (κ3) is 4.00. The molecule has 1 aliphatic rings. The van der Waals surface area contributed by atoms with Crippen LogP contribution < -0.4 is 0 Å². The van der Waals surface area contributed by atoms with Gasteiger partial charge in [0.1, 0.15) is 5.69 Å². The average molecular weight is 421 g/mol. The molecule has 1 N–H and O–H groups in total. The van der Waals surface area contributed by atoms with Crippen LogP contribution in [0, 0.1) is 5.92 Å². The molecule has 158 valence electrons. The number of benzene rings is 3. The van der Waals surface area contributed by atoms with Crippen molar-refractivity contribution in [1.82, 2.24) is 4.98 Å². The first-order valence-electron chi connectivity index (χ1n) is 10.8. The van der Waals surface area contributed by atoms with Crippen LogP contribution in [0.15, 0.2) is 95.4 Å². The number of oxazole rings is 1. The van der Waals surface area contributed by atoms with Gasteiger partial charge in [-0.3, -0.25) is 0 Å². The van der Waals surface area contributed by atoms with Crippen LogP contribution in [0.3, 0.4) is 0 Å². The molecule has 1 atom stereocenters. The van der Waals surface area contributed by atoms with Gasteiger partial charge in [-0.1, -0.05) is 78.9 Å². The summed E-state index contributed by atoms with van der Waals surface area (Å²) in [4.78, 5) is 16.3. The van der Waals surface area contributed by atoms with E-state index >= 15 is 0 Å². The number of carbonyl (C=O) groups is 1. The molecule has 1 unspecified atom stereocenters. The zero-order valence-corrected chi connectivity index (χ0v) is 17.6. The van der Waals surface area contributed by atoms with Crippen molar-refractivity contribution in [2.75, 3.05) is 0 Å². The average Bonchev–Trinajstić information content (AvgIpc) is 3.47. The second kappa shape index (κ2) is 8.67. The zero-order chi connectivity index (χ0) is 21.9. The minimum atomic E-state index is -0.901. The molecule has 4 nitrogen and oxygen atoms in total. The molecule has 0 radical (unpaired) electrons. The van der Waals surface area contributed by atoms with E-state index in [1.165, 1.54) is 0 Å². The number of carboxylic acids is 1. The zero-order valence-electron chi connectivity index (χ0n) is 17.6. The summed E-state index contributed by atoms with van der Waals surface area (Å²) < 4.78 is 6.40. The fourth-order valence-electron chi connectivity index (χ4n) is 4.37. The van der Waals surface area contributed by atoms with Gasteiger partial charge in [-0.05, 0) is 42.9 Å². The lowest BCUT2D eigenvalue weighted by Gasteiger charge is -2.13. The highest BCUT2D eigenvalue weighted by molar-refractivity contribution is 5.87. The van der Waals surface area contributed by atoms with Gasteiger partial charge < -0.3 is 9.52 Å². The lowest BCUT2D eigenvalue weighted by Crippen LogP contribution is -2.05. The van der Waals surface area contributed by atoms with E-state index in [1.807, 2.05) is 72.8 Å². The Morgan fingerprint density at radius 1 is 0.938 bits per heavy atom. The van der Waals surface area contributed by atoms with Crippen LogP contribution in [0.25, 0.3) is 28.2 Å². The summed E-state index contributed by atoms with van der Waals surface area (Å²) in [7, 11) is 0. The molecule has 0 saturated carbocycles. The minimum Gasteiger partial charge on any atom is -0.478 e. The highest BCUT2D eigenvalue weighted by Gasteiger charge is 2.27. The summed E-state index contributed by atoms with van der Waals surface area (Å²) in [5.41, 5.74) is 5.29. The van der Waals surface area contributed by atoms with Gasteiger partial charge in [0.2, 0.25) is 5.89 Å². The monoisotopic (exact) mass is 421 g/mol. The number of aromatic carboxylic acids is 1. The predicted octanol–water partition coefficient (Wildman–Crippen LogP) is 6.74. The quantitative estimate of drug-likeness (QED) is 0.374. The lowest BCUT2D eigenvalue weighted by atomic mass is 9.92. The molecule has 32 heavy (non-hydrogen) atoms. The van der Waals surface area contributed by atoms with E-state index in [-0.39, 0.29) is 5.92 Å². The first-order valence-corrected chi connectivity index (χ1v) is 10.8. The predicted molar refractivity (Wildman–Crippen MR) is 125 cm³/mol. The van der Waals surface area contributed by atoms with Crippen molar-refractivity contribution in [3.05, 3.63) is 108 Å². The normalized spacial score (nSPS) is 15.5. The number of carboxylic acid groups (broad SMARTS) is 1. The Bertz CT molecular complexity index is 1220. The molecule has 0 aliphatic heterocycles. The van der Waals surface area contributed by atoms with Gasteiger partial charge in [-0.25, -0.2) is 9.78 Å². The van der Waals surface area contributed by atoms with E-state index in [4.69, 9.17) is 9.40 Å². The molecule has 0 spiro atoms. The van der Waals surface area contributed by atoms with Gasteiger partial charge in [0, 0.05) is 16.7 Å². The van der Waals surface area contributed by atoms with Gasteiger partial charge in [0.05, 0.1) is 5.56 Å². The smallest absolute Gasteiger partial charge is 0.335 e. The lowest BCUT2D eigenvalue weighted by molar-refractivity contribution is 0.0696. The van der Waals surface area contributed by atoms with Crippen molar-refractivity contribution in [3.8, 4) is 22.6 Å². The fraction of sp³-hybridized carbons (Fsp3) is 0.143. The van der Waals surface area contributed by atoms with E-state index in [9.17, 15) is 9.90 Å². The van der Waals surface area contributed by atoms with E-state index < -0.39 is 5.97 Å². The first kappa shape index (κ1) is 20.0. The van der Waals surface area contributed by atoms with E-state index in [2.05, 4.69) is 6.08 Å². The maximum Gasteiger partial charge on any atom is 0.335 e. The van der Waals surface area contributed by atoms with Crippen LogP contribution >= 0.6 is 0 Å².